The minimum atomic E-state index is -3.57. The van der Waals surface area contributed by atoms with Crippen molar-refractivity contribution in [3.05, 3.63) is 23.4 Å². The molecule has 82 valence electrons. The molecule has 1 aromatic heterocycles. The molecule has 1 aromatic rings. The smallest absolute Gasteiger partial charge is 0.240 e. The van der Waals surface area contributed by atoms with Gasteiger partial charge in [-0.2, -0.15) is 0 Å². The fourth-order valence-electron chi connectivity index (χ4n) is 0.819. The Labute approximate surface area is 97.7 Å². The lowest BCUT2D eigenvalue weighted by atomic mass is 10.5. The number of anilines is 1. The third-order valence-corrected chi connectivity index (χ3v) is 3.08. The quantitative estimate of drug-likeness (QED) is 0.785. The van der Waals surface area contributed by atoms with Crippen LogP contribution in [-0.4, -0.2) is 24.1 Å². The van der Waals surface area contributed by atoms with E-state index < -0.39 is 15.8 Å². The second kappa shape index (κ2) is 4.73. The van der Waals surface area contributed by atoms with Crippen molar-refractivity contribution in [3.63, 3.8) is 0 Å². The Morgan fingerprint density at radius 1 is 1.60 bits per heavy atom. The first-order chi connectivity index (χ1) is 6.89. The molecule has 15 heavy (non-hydrogen) atoms. The third-order valence-electron chi connectivity index (χ3n) is 1.32. The summed E-state index contributed by atoms with van der Waals surface area (Å²) >= 11 is 10.1. The Bertz CT molecular complexity index is 458. The van der Waals surface area contributed by atoms with Crippen molar-refractivity contribution < 1.29 is 8.42 Å². The van der Waals surface area contributed by atoms with E-state index in [0.717, 1.165) is 0 Å². The first-order valence-electron chi connectivity index (χ1n) is 3.79. The number of halogens is 1. The highest BCUT2D eigenvalue weighted by atomic mass is 35.5. The van der Waals surface area contributed by atoms with Crippen LogP contribution in [0, 0.1) is 0 Å². The molecule has 0 bridgehead atoms. The summed E-state index contributed by atoms with van der Waals surface area (Å²) in [6, 6.07) is 2.96. The fraction of sp³-hybridized carbons (Fsp3) is 0.143. The Morgan fingerprint density at radius 2 is 2.27 bits per heavy atom. The lowest BCUT2D eigenvalue weighted by molar-refractivity contribution is 0.604. The zero-order valence-electron chi connectivity index (χ0n) is 7.47. The first kappa shape index (κ1) is 12.2. The van der Waals surface area contributed by atoms with Crippen LogP contribution < -0.4 is 10.5 Å². The number of nitrogens with zero attached hydrogens (tertiary/aromatic N) is 1. The van der Waals surface area contributed by atoms with Crippen LogP contribution >= 0.6 is 23.8 Å². The van der Waals surface area contributed by atoms with E-state index in [1.165, 1.54) is 18.3 Å². The number of nitrogens with two attached hydrogens (primary N) is 1. The molecule has 8 heteroatoms. The van der Waals surface area contributed by atoms with Crippen molar-refractivity contribution in [1.82, 2.24) is 4.98 Å². The molecule has 0 amide bonds. The van der Waals surface area contributed by atoms with E-state index in [9.17, 15) is 8.42 Å². The van der Waals surface area contributed by atoms with Crippen LogP contribution in [0.15, 0.2) is 18.3 Å². The Morgan fingerprint density at radius 3 is 2.73 bits per heavy atom. The van der Waals surface area contributed by atoms with Gasteiger partial charge in [0.25, 0.3) is 0 Å². The van der Waals surface area contributed by atoms with Crippen molar-refractivity contribution in [2.75, 3.05) is 10.5 Å². The number of rotatable bonds is 4. The van der Waals surface area contributed by atoms with Crippen molar-refractivity contribution >= 4 is 44.6 Å². The van der Waals surface area contributed by atoms with Crippen molar-refractivity contribution in [1.29, 1.82) is 0 Å². The van der Waals surface area contributed by atoms with Crippen LogP contribution in [0.5, 0.6) is 0 Å². The van der Waals surface area contributed by atoms with E-state index in [4.69, 9.17) is 17.3 Å². The van der Waals surface area contributed by atoms with E-state index in [0.29, 0.717) is 5.02 Å². The average molecular weight is 266 g/mol. The van der Waals surface area contributed by atoms with Gasteiger partial charge < -0.3 is 5.73 Å². The number of sulfonamides is 1. The zero-order valence-corrected chi connectivity index (χ0v) is 9.86. The van der Waals surface area contributed by atoms with Crippen molar-refractivity contribution in [2.45, 2.75) is 0 Å². The number of hydrogen-bond donors (Lipinski definition) is 2. The maximum absolute atomic E-state index is 11.3. The molecule has 0 unspecified atom stereocenters. The van der Waals surface area contributed by atoms with Crippen LogP contribution in [0.2, 0.25) is 5.02 Å². The average Bonchev–Trinajstić information content (AvgIpc) is 2.06. The molecule has 0 aliphatic heterocycles. The molecule has 0 atom stereocenters. The summed E-state index contributed by atoms with van der Waals surface area (Å²) in [4.78, 5) is 3.66. The van der Waals surface area contributed by atoms with Gasteiger partial charge in [0, 0.05) is 6.20 Å². The molecule has 0 aliphatic carbocycles. The summed E-state index contributed by atoms with van der Waals surface area (Å²) in [6.07, 6.45) is 1.33. The van der Waals surface area contributed by atoms with Gasteiger partial charge in [0.2, 0.25) is 10.0 Å². The van der Waals surface area contributed by atoms with Gasteiger partial charge in [-0.05, 0) is 12.1 Å². The highest BCUT2D eigenvalue weighted by molar-refractivity contribution is 7.95. The van der Waals surface area contributed by atoms with Gasteiger partial charge in [0.05, 0.1) is 10.0 Å². The maximum Gasteiger partial charge on any atom is 0.240 e. The summed E-state index contributed by atoms with van der Waals surface area (Å²) in [5.41, 5.74) is 5.13. The lowest BCUT2D eigenvalue weighted by Crippen LogP contribution is -2.26. The molecule has 0 fully saturated rings. The highest BCUT2D eigenvalue weighted by Crippen LogP contribution is 2.10. The molecular formula is C7H8ClN3O2S2. The van der Waals surface area contributed by atoms with Crippen LogP contribution in [-0.2, 0) is 10.0 Å². The van der Waals surface area contributed by atoms with E-state index >= 15 is 0 Å². The van der Waals surface area contributed by atoms with Crippen LogP contribution in [0.1, 0.15) is 0 Å². The molecule has 0 spiro atoms. The van der Waals surface area contributed by atoms with E-state index in [-0.39, 0.29) is 10.8 Å². The fourth-order valence-corrected chi connectivity index (χ4v) is 2.28. The van der Waals surface area contributed by atoms with Gasteiger partial charge >= 0.3 is 0 Å². The molecular weight excluding hydrogens is 258 g/mol. The molecule has 1 heterocycles. The maximum atomic E-state index is 11.3. The van der Waals surface area contributed by atoms with Crippen molar-refractivity contribution in [3.8, 4) is 0 Å². The molecule has 1 rings (SSSR count). The molecule has 0 saturated heterocycles. The zero-order chi connectivity index (χ0) is 11.5. The molecule has 5 nitrogen and oxygen atoms in total. The number of pyridine rings is 1. The van der Waals surface area contributed by atoms with E-state index in [2.05, 4.69) is 21.9 Å². The second-order valence-electron chi connectivity index (χ2n) is 2.69. The number of thiocarbonyl (C=S) groups is 1. The Kier molecular flexibility index (Phi) is 3.83. The summed E-state index contributed by atoms with van der Waals surface area (Å²) in [6.45, 7) is 0. The van der Waals surface area contributed by atoms with Gasteiger partial charge in [-0.15, -0.1) is 0 Å². The first-order valence-corrected chi connectivity index (χ1v) is 6.23. The molecule has 0 aromatic carbocycles. The van der Waals surface area contributed by atoms with Crippen molar-refractivity contribution in [2.24, 2.45) is 5.73 Å². The summed E-state index contributed by atoms with van der Waals surface area (Å²) in [7, 11) is -3.57. The monoisotopic (exact) mass is 265 g/mol. The van der Waals surface area contributed by atoms with Gasteiger partial charge in [0.1, 0.15) is 11.6 Å². The van der Waals surface area contributed by atoms with Gasteiger partial charge in [-0.1, -0.05) is 23.8 Å². The van der Waals surface area contributed by atoms with Crippen LogP contribution in [0.4, 0.5) is 5.82 Å². The predicted octanol–water partition coefficient (Wildman–Crippen LogP) is 0.763. The van der Waals surface area contributed by atoms with E-state index in [1.807, 2.05) is 0 Å². The lowest BCUT2D eigenvalue weighted by Gasteiger charge is -2.05. The molecule has 0 saturated carbocycles. The summed E-state index contributed by atoms with van der Waals surface area (Å²) in [5.74, 6) is -0.234. The number of nitrogens with one attached hydrogen (secondary N) is 1. The van der Waals surface area contributed by atoms with Crippen LogP contribution in [0.3, 0.4) is 0 Å². The number of aromatic nitrogens is 1. The third kappa shape index (κ3) is 4.41. The Balaban J connectivity index is 2.78. The summed E-state index contributed by atoms with van der Waals surface area (Å²) < 4.78 is 24.9. The highest BCUT2D eigenvalue weighted by Gasteiger charge is 2.12. The molecule has 3 N–H and O–H groups in total. The van der Waals surface area contributed by atoms with Gasteiger partial charge in [-0.3, -0.25) is 4.72 Å². The largest absolute Gasteiger partial charge is 0.392 e. The second-order valence-corrected chi connectivity index (χ2v) is 5.37. The normalized spacial score (nSPS) is 11.0. The minimum Gasteiger partial charge on any atom is -0.392 e. The molecule has 0 radical (unpaired) electrons. The van der Waals surface area contributed by atoms with Gasteiger partial charge in [-0.25, -0.2) is 13.4 Å². The van der Waals surface area contributed by atoms with Crippen LogP contribution in [0.25, 0.3) is 0 Å². The standard InChI is InChI=1S/C7H8ClN3O2S2/c8-5-1-2-7(10-3-5)11-15(12,13)4-6(9)14/h1-3H,4H2,(H2,9,14)(H,10,11). The molecule has 0 aliphatic rings. The number of hydrogen-bond acceptors (Lipinski definition) is 4. The Hall–Kier alpha value is -0.920. The van der Waals surface area contributed by atoms with Gasteiger partial charge in [0.15, 0.2) is 0 Å². The minimum absolute atomic E-state index is 0.100. The SMILES string of the molecule is NC(=S)CS(=O)(=O)Nc1ccc(Cl)cn1. The summed E-state index contributed by atoms with van der Waals surface area (Å²) in [5, 5.41) is 0.423. The predicted molar refractivity (Wildman–Crippen MR) is 63.4 cm³/mol. The van der Waals surface area contributed by atoms with E-state index in [1.54, 1.807) is 0 Å². The topological polar surface area (TPSA) is 85.1 Å².